The summed E-state index contributed by atoms with van der Waals surface area (Å²) in [4.78, 5) is 12.8. The molecule has 0 radical (unpaired) electrons. The van der Waals surface area contributed by atoms with Crippen LogP contribution in [0.5, 0.6) is 17.2 Å². The maximum absolute atomic E-state index is 12.8. The molecule has 0 spiro atoms. The molecular weight excluding hydrogens is 344 g/mol. The Hall–Kier alpha value is -2.29. The Bertz CT molecular complexity index is 976. The van der Waals surface area contributed by atoms with Crippen molar-refractivity contribution in [2.75, 3.05) is 13.9 Å². The Morgan fingerprint density at radius 3 is 2.85 bits per heavy atom. The second-order valence-corrected chi connectivity index (χ2v) is 7.09. The van der Waals surface area contributed by atoms with Gasteiger partial charge in [-0.15, -0.1) is 0 Å². The lowest BCUT2D eigenvalue weighted by Gasteiger charge is -2.29. The summed E-state index contributed by atoms with van der Waals surface area (Å²) in [6, 6.07) is 1.73. The number of fused-ring (bicyclic) bond motifs is 6. The first-order valence-corrected chi connectivity index (χ1v) is 8.39. The highest BCUT2D eigenvalue weighted by molar-refractivity contribution is 5.95. The number of methoxy groups -OCH3 is 1. The largest absolute Gasteiger partial charge is 0.492 e. The first-order chi connectivity index (χ1) is 12.4. The van der Waals surface area contributed by atoms with Gasteiger partial charge in [-0.05, 0) is 19.9 Å². The highest BCUT2D eigenvalue weighted by Crippen LogP contribution is 2.50. The van der Waals surface area contributed by atoms with E-state index in [2.05, 4.69) is 0 Å². The number of aliphatic hydroxyl groups is 1. The van der Waals surface area contributed by atoms with Crippen LogP contribution in [0.4, 0.5) is 0 Å². The fourth-order valence-corrected chi connectivity index (χ4v) is 4.03. The smallest absolute Gasteiger partial charge is 0.347 e. The van der Waals surface area contributed by atoms with E-state index in [4.69, 9.17) is 28.1 Å². The van der Waals surface area contributed by atoms with Crippen LogP contribution >= 0.6 is 0 Å². The van der Waals surface area contributed by atoms with E-state index in [1.165, 1.54) is 7.11 Å². The number of hydrogen-bond donors (Lipinski definition) is 1. The Balaban J connectivity index is 1.81. The zero-order valence-corrected chi connectivity index (χ0v) is 14.5. The van der Waals surface area contributed by atoms with Crippen molar-refractivity contribution in [3.63, 3.8) is 0 Å². The van der Waals surface area contributed by atoms with E-state index in [0.717, 1.165) is 0 Å². The minimum atomic E-state index is -0.877. The molecule has 0 saturated carbocycles. The van der Waals surface area contributed by atoms with Crippen molar-refractivity contribution >= 4 is 10.8 Å². The van der Waals surface area contributed by atoms with Crippen molar-refractivity contribution in [2.45, 2.75) is 44.4 Å². The van der Waals surface area contributed by atoms with E-state index in [1.807, 2.05) is 0 Å². The molecule has 5 rings (SSSR count). The number of benzene rings is 1. The zero-order chi connectivity index (χ0) is 18.2. The first kappa shape index (κ1) is 15.9. The summed E-state index contributed by atoms with van der Waals surface area (Å²) in [6.45, 7) is 3.57. The van der Waals surface area contributed by atoms with Gasteiger partial charge >= 0.3 is 5.63 Å². The van der Waals surface area contributed by atoms with E-state index in [0.29, 0.717) is 28.2 Å². The summed E-state index contributed by atoms with van der Waals surface area (Å²) >= 11 is 0. The average molecular weight is 362 g/mol. The van der Waals surface area contributed by atoms with Crippen molar-refractivity contribution in [2.24, 2.45) is 0 Å². The molecule has 1 fully saturated rings. The molecule has 2 aliphatic heterocycles. The molecule has 0 amide bonds. The summed E-state index contributed by atoms with van der Waals surface area (Å²) in [7, 11) is 1.46. The zero-order valence-electron chi connectivity index (χ0n) is 14.5. The minimum absolute atomic E-state index is 0.0496. The first-order valence-electron chi connectivity index (χ1n) is 8.39. The van der Waals surface area contributed by atoms with E-state index < -0.39 is 29.7 Å². The molecule has 3 heterocycles. The highest BCUT2D eigenvalue weighted by Gasteiger charge is 2.51. The molecule has 138 valence electrons. The van der Waals surface area contributed by atoms with Gasteiger partial charge < -0.3 is 33.2 Å². The molecule has 8 nitrogen and oxygen atoms in total. The van der Waals surface area contributed by atoms with Crippen molar-refractivity contribution in [1.82, 2.24) is 0 Å². The lowest BCUT2D eigenvalue weighted by molar-refractivity contribution is -0.155. The molecule has 1 aromatic carbocycles. The molecule has 3 atom stereocenters. The summed E-state index contributed by atoms with van der Waals surface area (Å²) in [5, 5.41) is 11.5. The molecule has 3 aliphatic rings. The van der Waals surface area contributed by atoms with Crippen LogP contribution in [0.15, 0.2) is 15.3 Å². The SMILES string of the molecule is COc1c2c(cc3c4c(oc(=O)c13)[C@@H]1OC(C)(C)O[C@@H]1[C@@H](O)C4)OCO2. The van der Waals surface area contributed by atoms with Gasteiger partial charge in [0.05, 0.1) is 13.2 Å². The number of aliphatic hydroxyl groups excluding tert-OH is 1. The van der Waals surface area contributed by atoms with E-state index >= 15 is 0 Å². The lowest BCUT2D eigenvalue weighted by Crippen LogP contribution is -2.38. The molecule has 1 aromatic heterocycles. The Morgan fingerprint density at radius 2 is 2.08 bits per heavy atom. The summed E-state index contributed by atoms with van der Waals surface area (Å²) in [6.07, 6.45) is -1.77. The molecule has 2 aromatic rings. The van der Waals surface area contributed by atoms with Gasteiger partial charge in [-0.3, -0.25) is 0 Å². The Kier molecular flexibility index (Phi) is 3.14. The molecular formula is C18H18O8. The summed E-state index contributed by atoms with van der Waals surface area (Å²) in [5.41, 5.74) is 0.128. The van der Waals surface area contributed by atoms with Gasteiger partial charge in [0, 0.05) is 17.4 Å². The van der Waals surface area contributed by atoms with Gasteiger partial charge in [0.25, 0.3) is 0 Å². The van der Waals surface area contributed by atoms with Crippen LogP contribution in [0.25, 0.3) is 10.8 Å². The quantitative estimate of drug-likeness (QED) is 0.818. The second kappa shape index (κ2) is 5.12. The second-order valence-electron chi connectivity index (χ2n) is 7.09. The third-order valence-corrected chi connectivity index (χ3v) is 5.03. The number of rotatable bonds is 1. The molecule has 1 saturated heterocycles. The van der Waals surface area contributed by atoms with Crippen molar-refractivity contribution in [3.05, 3.63) is 27.8 Å². The fraction of sp³-hybridized carbons (Fsp3) is 0.500. The van der Waals surface area contributed by atoms with Gasteiger partial charge in [-0.1, -0.05) is 0 Å². The van der Waals surface area contributed by atoms with Gasteiger partial charge in [-0.2, -0.15) is 0 Å². The van der Waals surface area contributed by atoms with Crippen LogP contribution < -0.4 is 19.8 Å². The predicted octanol–water partition coefficient (Wildman–Crippen LogP) is 1.64. The van der Waals surface area contributed by atoms with Crippen LogP contribution in [0.2, 0.25) is 0 Å². The topological polar surface area (TPSA) is 96.6 Å². The molecule has 26 heavy (non-hydrogen) atoms. The van der Waals surface area contributed by atoms with E-state index in [-0.39, 0.29) is 24.3 Å². The van der Waals surface area contributed by atoms with Crippen LogP contribution in [0.3, 0.4) is 0 Å². The summed E-state index contributed by atoms with van der Waals surface area (Å²) < 4.78 is 33.6. The van der Waals surface area contributed by atoms with Crippen molar-refractivity contribution < 1.29 is 33.2 Å². The molecule has 8 heteroatoms. The highest BCUT2D eigenvalue weighted by atomic mass is 16.8. The predicted molar refractivity (Wildman–Crippen MR) is 87.6 cm³/mol. The van der Waals surface area contributed by atoms with Crippen molar-refractivity contribution in [3.8, 4) is 17.2 Å². The van der Waals surface area contributed by atoms with E-state index in [1.54, 1.807) is 19.9 Å². The lowest BCUT2D eigenvalue weighted by atomic mass is 9.87. The van der Waals surface area contributed by atoms with Gasteiger partial charge in [0.15, 0.2) is 17.3 Å². The molecule has 1 aliphatic carbocycles. The number of hydrogen-bond acceptors (Lipinski definition) is 8. The van der Waals surface area contributed by atoms with Gasteiger partial charge in [0.2, 0.25) is 12.5 Å². The third kappa shape index (κ3) is 2.03. The van der Waals surface area contributed by atoms with Gasteiger partial charge in [0.1, 0.15) is 23.4 Å². The Labute approximate surface area is 148 Å². The monoisotopic (exact) mass is 362 g/mol. The van der Waals surface area contributed by atoms with E-state index in [9.17, 15) is 9.90 Å². The Morgan fingerprint density at radius 1 is 1.27 bits per heavy atom. The maximum Gasteiger partial charge on any atom is 0.347 e. The number of ether oxygens (including phenoxy) is 5. The van der Waals surface area contributed by atoms with Crippen LogP contribution in [-0.4, -0.2) is 37.0 Å². The standard InChI is InChI=1S/C18H18O8/c1-18(2)25-13-9(19)4-8-7-5-10-14(23-6-22-10)15(21-3)11(7)17(20)24-12(8)16(13)26-18/h5,9,13,16,19H,4,6H2,1-3H3/t9-,13+,16-/m0/s1. The van der Waals surface area contributed by atoms with Crippen LogP contribution in [0, 0.1) is 0 Å². The molecule has 0 unspecified atom stereocenters. The maximum atomic E-state index is 12.8. The average Bonchev–Trinajstić information content (AvgIpc) is 3.18. The van der Waals surface area contributed by atoms with Crippen LogP contribution in [0.1, 0.15) is 31.3 Å². The third-order valence-electron chi connectivity index (χ3n) is 5.03. The van der Waals surface area contributed by atoms with Crippen LogP contribution in [-0.2, 0) is 15.9 Å². The van der Waals surface area contributed by atoms with Crippen molar-refractivity contribution in [1.29, 1.82) is 0 Å². The molecule has 1 N–H and O–H groups in total. The minimum Gasteiger partial charge on any atom is -0.492 e. The molecule has 0 bridgehead atoms. The summed E-state index contributed by atoms with van der Waals surface area (Å²) in [5.74, 6) is 0.639. The fourth-order valence-electron chi connectivity index (χ4n) is 4.03. The normalized spacial score (nSPS) is 28.1. The van der Waals surface area contributed by atoms with Gasteiger partial charge in [-0.25, -0.2) is 4.79 Å².